The van der Waals surface area contributed by atoms with Crippen LogP contribution < -0.4 is 10.2 Å². The number of carbonyl (C=O) groups is 2. The van der Waals surface area contributed by atoms with Gasteiger partial charge in [-0.2, -0.15) is 13.2 Å². The fraction of sp³-hybridized carbons (Fsp3) is 0.231. The molecule has 1 heterocycles. The first kappa shape index (κ1) is 26.2. The van der Waals surface area contributed by atoms with Gasteiger partial charge in [0.1, 0.15) is 23.3 Å². The minimum Gasteiger partial charge on any atom is -0.348 e. The van der Waals surface area contributed by atoms with Crippen LogP contribution in [0, 0.1) is 23.3 Å². The third-order valence-electron chi connectivity index (χ3n) is 6.28. The Hall–Kier alpha value is -3.89. The molecule has 0 fully saturated rings. The summed E-state index contributed by atoms with van der Waals surface area (Å²) in [6.07, 6.45) is -4.87. The van der Waals surface area contributed by atoms with Gasteiger partial charge < -0.3 is 10.2 Å². The number of hydrogen-bond acceptors (Lipinski definition) is 2. The summed E-state index contributed by atoms with van der Waals surface area (Å²) in [4.78, 5) is 26.8. The molecular formula is C26H19F7N2O2. The number of hydrogen-bond donors (Lipinski definition) is 1. The van der Waals surface area contributed by atoms with Crippen molar-refractivity contribution < 1.29 is 40.3 Å². The Balaban J connectivity index is 1.67. The summed E-state index contributed by atoms with van der Waals surface area (Å²) >= 11 is 0. The molecule has 1 aliphatic heterocycles. The summed E-state index contributed by atoms with van der Waals surface area (Å²) in [7, 11) is 0. The molecule has 3 aromatic carbocycles. The zero-order valence-electron chi connectivity index (χ0n) is 19.4. The summed E-state index contributed by atoms with van der Waals surface area (Å²) in [5.41, 5.74) is -3.30. The van der Waals surface area contributed by atoms with Gasteiger partial charge in [0.05, 0.1) is 17.5 Å². The minimum atomic E-state index is -4.87. The van der Waals surface area contributed by atoms with E-state index in [1.807, 2.05) is 0 Å². The van der Waals surface area contributed by atoms with Gasteiger partial charge in [-0.3, -0.25) is 9.59 Å². The van der Waals surface area contributed by atoms with Crippen molar-refractivity contribution >= 4 is 17.5 Å². The van der Waals surface area contributed by atoms with Crippen molar-refractivity contribution in [3.63, 3.8) is 0 Å². The molecule has 11 heteroatoms. The van der Waals surface area contributed by atoms with Gasteiger partial charge in [0.15, 0.2) is 0 Å². The molecule has 1 aliphatic rings. The summed E-state index contributed by atoms with van der Waals surface area (Å²) in [6, 6.07) is 7.43. The minimum absolute atomic E-state index is 0.0678. The molecule has 4 rings (SSSR count). The quantitative estimate of drug-likeness (QED) is 0.416. The lowest BCUT2D eigenvalue weighted by atomic mass is 9.86. The van der Waals surface area contributed by atoms with Crippen molar-refractivity contribution in [1.29, 1.82) is 0 Å². The number of fused-ring (bicyclic) bond motifs is 1. The molecule has 0 aromatic heterocycles. The van der Waals surface area contributed by atoms with E-state index in [4.69, 9.17) is 0 Å². The van der Waals surface area contributed by atoms with Crippen LogP contribution in [0.5, 0.6) is 0 Å². The molecule has 2 amide bonds. The maximum absolute atomic E-state index is 14.5. The lowest BCUT2D eigenvalue weighted by molar-refractivity contribution is -0.138. The fourth-order valence-electron chi connectivity index (χ4n) is 4.30. The van der Waals surface area contributed by atoms with Crippen LogP contribution in [0.15, 0.2) is 48.5 Å². The Kier molecular flexibility index (Phi) is 6.51. The molecule has 0 aliphatic carbocycles. The molecule has 0 saturated carbocycles. The van der Waals surface area contributed by atoms with Gasteiger partial charge in [-0.15, -0.1) is 0 Å². The van der Waals surface area contributed by atoms with Crippen molar-refractivity contribution in [3.8, 4) is 0 Å². The zero-order chi connectivity index (χ0) is 27.3. The molecule has 3 aromatic rings. The van der Waals surface area contributed by atoms with E-state index < -0.39 is 76.5 Å². The Morgan fingerprint density at radius 2 is 1.57 bits per heavy atom. The van der Waals surface area contributed by atoms with Crippen LogP contribution in [0.1, 0.15) is 46.5 Å². The van der Waals surface area contributed by atoms with E-state index >= 15 is 0 Å². The van der Waals surface area contributed by atoms with Gasteiger partial charge in [0.25, 0.3) is 5.91 Å². The highest BCUT2D eigenvalue weighted by Crippen LogP contribution is 2.44. The van der Waals surface area contributed by atoms with Crippen LogP contribution in [-0.4, -0.2) is 11.8 Å². The Labute approximate surface area is 206 Å². The molecule has 37 heavy (non-hydrogen) atoms. The average molecular weight is 524 g/mol. The number of nitrogens with zero attached hydrogens (tertiary/aromatic N) is 1. The predicted octanol–water partition coefficient (Wildman–Crippen LogP) is 6.02. The lowest BCUT2D eigenvalue weighted by Gasteiger charge is -2.23. The normalized spacial score (nSPS) is 14.6. The molecule has 1 N–H and O–H groups in total. The van der Waals surface area contributed by atoms with E-state index in [2.05, 4.69) is 5.32 Å². The van der Waals surface area contributed by atoms with E-state index in [9.17, 15) is 40.3 Å². The summed E-state index contributed by atoms with van der Waals surface area (Å²) in [6.45, 7) is 1.72. The predicted molar refractivity (Wildman–Crippen MR) is 120 cm³/mol. The number of benzene rings is 3. The zero-order valence-corrected chi connectivity index (χ0v) is 19.4. The third kappa shape index (κ3) is 4.77. The first-order valence-electron chi connectivity index (χ1n) is 10.9. The number of rotatable bonds is 5. The molecule has 0 bridgehead atoms. The van der Waals surface area contributed by atoms with Crippen LogP contribution in [-0.2, 0) is 29.5 Å². The van der Waals surface area contributed by atoms with E-state index in [0.717, 1.165) is 17.0 Å². The van der Waals surface area contributed by atoms with E-state index in [1.54, 1.807) is 13.8 Å². The number of anilines is 1. The fourth-order valence-corrected chi connectivity index (χ4v) is 4.30. The van der Waals surface area contributed by atoms with E-state index in [-0.39, 0.29) is 11.3 Å². The maximum Gasteiger partial charge on any atom is 0.416 e. The van der Waals surface area contributed by atoms with Crippen LogP contribution in [0.4, 0.5) is 36.4 Å². The van der Waals surface area contributed by atoms with Crippen LogP contribution in [0.3, 0.4) is 0 Å². The molecule has 0 atom stereocenters. The van der Waals surface area contributed by atoms with Crippen molar-refractivity contribution in [2.45, 2.75) is 38.5 Å². The smallest absolute Gasteiger partial charge is 0.348 e. The second kappa shape index (κ2) is 9.20. The molecule has 0 spiro atoms. The van der Waals surface area contributed by atoms with Crippen molar-refractivity contribution in [2.24, 2.45) is 0 Å². The van der Waals surface area contributed by atoms with E-state index in [0.29, 0.717) is 23.8 Å². The monoisotopic (exact) mass is 524 g/mol. The first-order valence-corrected chi connectivity index (χ1v) is 10.9. The largest absolute Gasteiger partial charge is 0.416 e. The molecule has 0 unspecified atom stereocenters. The topological polar surface area (TPSA) is 49.4 Å². The van der Waals surface area contributed by atoms with Gasteiger partial charge in [-0.1, -0.05) is 12.1 Å². The van der Waals surface area contributed by atoms with Crippen LogP contribution >= 0.6 is 0 Å². The second-order valence-electron chi connectivity index (χ2n) is 9.04. The highest BCUT2D eigenvalue weighted by Gasteiger charge is 2.45. The standard InChI is InChI=1S/C26H19F7N2O2/c1-25(2)18-7-6-13(23(36)34-11-15-20(29)9-14(27)10-21(15)30)8-22(18)35(24(25)37)12-16-17(26(31,32)33)4-3-5-19(16)28/h3-10H,11-12H2,1-2H3,(H,34,36). The first-order chi connectivity index (χ1) is 17.2. The van der Waals surface area contributed by atoms with Crippen LogP contribution in [0.2, 0.25) is 0 Å². The van der Waals surface area contributed by atoms with Gasteiger partial charge in [0, 0.05) is 41.1 Å². The highest BCUT2D eigenvalue weighted by molar-refractivity contribution is 6.09. The SMILES string of the molecule is CC1(C)C(=O)N(Cc2c(F)cccc2C(F)(F)F)c2cc(C(=O)NCc3c(F)cc(F)cc3F)ccc21. The average Bonchev–Trinajstić information content (AvgIpc) is 2.98. The Morgan fingerprint density at radius 3 is 2.19 bits per heavy atom. The van der Waals surface area contributed by atoms with Crippen molar-refractivity contribution in [3.05, 3.63) is 99.6 Å². The second-order valence-corrected chi connectivity index (χ2v) is 9.04. The molecule has 194 valence electrons. The van der Waals surface area contributed by atoms with Crippen LogP contribution in [0.25, 0.3) is 0 Å². The summed E-state index contributed by atoms with van der Waals surface area (Å²) in [5.74, 6) is -6.09. The van der Waals surface area contributed by atoms with Gasteiger partial charge in [0.2, 0.25) is 5.91 Å². The van der Waals surface area contributed by atoms with Crippen molar-refractivity contribution in [2.75, 3.05) is 4.90 Å². The molecule has 4 nitrogen and oxygen atoms in total. The van der Waals surface area contributed by atoms with Crippen molar-refractivity contribution in [1.82, 2.24) is 5.32 Å². The Morgan fingerprint density at radius 1 is 0.919 bits per heavy atom. The van der Waals surface area contributed by atoms with Gasteiger partial charge in [-0.05, 0) is 43.7 Å². The number of amides is 2. The maximum atomic E-state index is 14.5. The van der Waals surface area contributed by atoms with E-state index in [1.165, 1.54) is 18.2 Å². The number of nitrogens with one attached hydrogen (secondary N) is 1. The Bertz CT molecular complexity index is 1390. The molecular weight excluding hydrogens is 505 g/mol. The lowest BCUT2D eigenvalue weighted by Crippen LogP contribution is -2.36. The van der Waals surface area contributed by atoms with Gasteiger partial charge >= 0.3 is 6.18 Å². The summed E-state index contributed by atoms with van der Waals surface area (Å²) < 4.78 is 96.0. The number of alkyl halides is 3. The molecule has 0 saturated heterocycles. The number of carbonyl (C=O) groups excluding carboxylic acids is 2. The molecule has 0 radical (unpaired) electrons. The summed E-state index contributed by atoms with van der Waals surface area (Å²) in [5, 5.41) is 2.29. The highest BCUT2D eigenvalue weighted by atomic mass is 19.4. The number of halogens is 7. The van der Waals surface area contributed by atoms with Gasteiger partial charge in [-0.25, -0.2) is 17.6 Å². The third-order valence-corrected chi connectivity index (χ3v) is 6.28.